The van der Waals surface area contributed by atoms with Gasteiger partial charge in [-0.2, -0.15) is 13.2 Å². The molecule has 0 N–H and O–H groups in total. The van der Waals surface area contributed by atoms with E-state index in [0.717, 1.165) is 6.08 Å². The van der Waals surface area contributed by atoms with Gasteiger partial charge in [-0.1, -0.05) is 84.9 Å². The van der Waals surface area contributed by atoms with Gasteiger partial charge >= 0.3 is 6.18 Å². The molecule has 1 aliphatic carbocycles. The first-order valence-corrected chi connectivity index (χ1v) is 9.28. The van der Waals surface area contributed by atoms with Crippen molar-refractivity contribution < 1.29 is 13.2 Å². The average Bonchev–Trinajstić information content (AvgIpc) is 2.25. The number of hydrogen-bond donors (Lipinski definition) is 0. The molecule has 0 bridgehead atoms. The second-order valence-electron chi connectivity index (χ2n) is 3.91. The number of halogens is 8. The Bertz CT molecular complexity index is 376. The molecule has 0 aliphatic heterocycles. The summed E-state index contributed by atoms with van der Waals surface area (Å²) >= 11 is 19.4. The van der Waals surface area contributed by atoms with E-state index < -0.39 is 23.1 Å². The smallest absolute Gasteiger partial charge is 0.166 e. The van der Waals surface area contributed by atoms with Crippen molar-refractivity contribution in [3.8, 4) is 0 Å². The van der Waals surface area contributed by atoms with Gasteiger partial charge in [0.05, 0.1) is 7.50 Å². The maximum Gasteiger partial charge on any atom is 0.417 e. The zero-order valence-corrected chi connectivity index (χ0v) is 16.2. The fraction of sp³-hybridized carbons (Fsp3) is 0.600. The molecule has 2 unspecified atom stereocenters. The topological polar surface area (TPSA) is 0 Å². The monoisotopic (exact) mass is 588 g/mol. The minimum absolute atomic E-state index is 0.0914. The van der Waals surface area contributed by atoms with E-state index in [1.807, 2.05) is 0 Å². The highest BCUT2D eigenvalue weighted by Gasteiger charge is 2.47. The molecule has 0 heterocycles. The Kier molecular flexibility index (Phi) is 6.64. The van der Waals surface area contributed by atoms with Crippen LogP contribution >= 0.6 is 84.3 Å². The van der Waals surface area contributed by atoms with Crippen molar-refractivity contribution in [3.05, 3.63) is 22.8 Å². The van der Waals surface area contributed by atoms with E-state index >= 15 is 0 Å². The molecule has 0 saturated carbocycles. The Morgan fingerprint density at radius 3 is 2.33 bits per heavy atom. The minimum Gasteiger partial charge on any atom is -0.166 e. The Hall–Kier alpha value is 1.79. The first-order chi connectivity index (χ1) is 8.19. The van der Waals surface area contributed by atoms with E-state index in [4.69, 9.17) is 23.2 Å². The van der Waals surface area contributed by atoms with Gasteiger partial charge in [-0.15, -0.1) is 11.6 Å². The van der Waals surface area contributed by atoms with Crippen LogP contribution in [-0.2, 0) is 0 Å². The Balaban J connectivity index is 3.33. The van der Waals surface area contributed by atoms with Gasteiger partial charge < -0.3 is 0 Å². The largest absolute Gasteiger partial charge is 0.417 e. The predicted molar refractivity (Wildman–Crippen MR) is 90.3 cm³/mol. The lowest BCUT2D eigenvalue weighted by Crippen LogP contribution is -2.39. The SMILES string of the molecule is FC(F)(F)C1=C(Cl)C(C(I)I)C(CCl)(CBr)C=C1. The lowest BCUT2D eigenvalue weighted by Gasteiger charge is -2.40. The summed E-state index contributed by atoms with van der Waals surface area (Å²) in [6.07, 6.45) is -1.87. The number of rotatable bonds is 3. The standard InChI is InChI=1S/C10H8BrCl2F3I2/c11-3-9(4-12)2-1-5(10(14,15)16)7(13)6(9)8(17)18/h1-2,6,8H,3-4H2. The van der Waals surface area contributed by atoms with E-state index in [9.17, 15) is 13.2 Å². The van der Waals surface area contributed by atoms with Gasteiger partial charge in [0.25, 0.3) is 0 Å². The fourth-order valence-electron chi connectivity index (χ4n) is 1.73. The van der Waals surface area contributed by atoms with E-state index in [1.54, 1.807) is 0 Å². The van der Waals surface area contributed by atoms with E-state index in [0.29, 0.717) is 5.33 Å². The predicted octanol–water partition coefficient (Wildman–Crippen LogP) is 6.04. The quantitative estimate of drug-likeness (QED) is 0.278. The first-order valence-electron chi connectivity index (χ1n) is 4.76. The molecule has 0 amide bonds. The van der Waals surface area contributed by atoms with Crippen LogP contribution < -0.4 is 0 Å². The molecule has 8 heteroatoms. The maximum atomic E-state index is 12.8. The van der Waals surface area contributed by atoms with Gasteiger partial charge in [0, 0.05) is 27.6 Å². The van der Waals surface area contributed by atoms with Crippen LogP contribution in [0.5, 0.6) is 0 Å². The Labute approximate surface area is 149 Å². The maximum absolute atomic E-state index is 12.8. The molecular formula is C10H8BrCl2F3I2. The molecule has 0 aromatic carbocycles. The molecule has 0 spiro atoms. The third-order valence-electron chi connectivity index (χ3n) is 2.79. The van der Waals surface area contributed by atoms with Crippen LogP contribution in [0.1, 0.15) is 0 Å². The van der Waals surface area contributed by atoms with Crippen LogP contribution in [0.2, 0.25) is 0 Å². The normalized spacial score (nSPS) is 29.3. The summed E-state index contributed by atoms with van der Waals surface area (Å²) in [5.41, 5.74) is -1.35. The van der Waals surface area contributed by atoms with Crippen molar-refractivity contribution in [3.63, 3.8) is 0 Å². The molecule has 0 nitrogen and oxygen atoms in total. The highest BCUT2D eigenvalue weighted by molar-refractivity contribution is 14.2. The lowest BCUT2D eigenvalue weighted by molar-refractivity contribution is -0.0895. The lowest BCUT2D eigenvalue weighted by atomic mass is 9.75. The van der Waals surface area contributed by atoms with Gasteiger partial charge in [0.1, 0.15) is 0 Å². The number of alkyl halides is 7. The Morgan fingerprint density at radius 1 is 1.44 bits per heavy atom. The van der Waals surface area contributed by atoms with Crippen molar-refractivity contribution >= 4 is 84.3 Å². The van der Waals surface area contributed by atoms with Gasteiger partial charge in [0.15, 0.2) is 0 Å². The van der Waals surface area contributed by atoms with E-state index in [2.05, 4.69) is 61.1 Å². The zero-order valence-electron chi connectivity index (χ0n) is 8.75. The van der Waals surface area contributed by atoms with Crippen molar-refractivity contribution in [1.82, 2.24) is 0 Å². The van der Waals surface area contributed by atoms with Crippen molar-refractivity contribution in [1.29, 1.82) is 0 Å². The molecule has 1 rings (SSSR count). The summed E-state index contributed by atoms with van der Waals surface area (Å²) in [5.74, 6) is -0.248. The second kappa shape index (κ2) is 6.70. The summed E-state index contributed by atoms with van der Waals surface area (Å²) in [6.45, 7) is 0. The van der Waals surface area contributed by atoms with Gasteiger partial charge in [-0.3, -0.25) is 0 Å². The van der Waals surface area contributed by atoms with Crippen LogP contribution in [0, 0.1) is 11.3 Å². The molecule has 1 aliphatic rings. The molecule has 18 heavy (non-hydrogen) atoms. The Morgan fingerprint density at radius 2 is 2.00 bits per heavy atom. The summed E-state index contributed by atoms with van der Waals surface area (Å²) in [4.78, 5) is 0. The summed E-state index contributed by atoms with van der Waals surface area (Å²) < 4.78 is 38.4. The molecule has 0 radical (unpaired) electrons. The summed E-state index contributed by atoms with van der Waals surface area (Å²) in [6, 6.07) is 0. The van der Waals surface area contributed by atoms with Crippen molar-refractivity contribution in [2.24, 2.45) is 11.3 Å². The van der Waals surface area contributed by atoms with Crippen molar-refractivity contribution in [2.75, 3.05) is 11.2 Å². The molecule has 0 aromatic heterocycles. The number of hydrogen-bond acceptors (Lipinski definition) is 0. The molecule has 0 fully saturated rings. The molecular weight excluding hydrogens is 582 g/mol. The van der Waals surface area contributed by atoms with Crippen LogP contribution in [0.4, 0.5) is 13.2 Å². The van der Waals surface area contributed by atoms with E-state index in [1.165, 1.54) is 6.08 Å². The molecule has 2 atom stereocenters. The van der Waals surface area contributed by atoms with Crippen LogP contribution in [-0.4, -0.2) is 19.3 Å². The van der Waals surface area contributed by atoms with Gasteiger partial charge in [-0.05, 0) is 0 Å². The van der Waals surface area contributed by atoms with Crippen LogP contribution in [0.25, 0.3) is 0 Å². The fourth-order valence-corrected chi connectivity index (χ4v) is 6.14. The van der Waals surface area contributed by atoms with Crippen molar-refractivity contribution in [2.45, 2.75) is 8.11 Å². The molecule has 104 valence electrons. The number of allylic oxidation sites excluding steroid dienone is 4. The van der Waals surface area contributed by atoms with E-state index in [-0.39, 0.29) is 12.8 Å². The summed E-state index contributed by atoms with van der Waals surface area (Å²) in [7, 11) is 0. The van der Waals surface area contributed by atoms with Crippen LogP contribution in [0.3, 0.4) is 0 Å². The van der Waals surface area contributed by atoms with Gasteiger partial charge in [0.2, 0.25) is 0 Å². The highest BCUT2D eigenvalue weighted by Crippen LogP contribution is 2.51. The average molecular weight is 590 g/mol. The van der Waals surface area contributed by atoms with Crippen LogP contribution in [0.15, 0.2) is 22.8 Å². The zero-order chi connectivity index (χ0) is 14.1. The molecule has 0 aromatic rings. The highest BCUT2D eigenvalue weighted by atomic mass is 127. The minimum atomic E-state index is -4.43. The third-order valence-corrected chi connectivity index (χ3v) is 6.21. The third kappa shape index (κ3) is 3.51. The van der Waals surface area contributed by atoms with Gasteiger partial charge in [-0.25, -0.2) is 0 Å². The summed E-state index contributed by atoms with van der Waals surface area (Å²) in [5, 5.41) is 0.313. The first kappa shape index (κ1) is 17.8. The molecule has 0 saturated heterocycles. The second-order valence-corrected chi connectivity index (χ2v) is 10.2.